The molecule has 0 bridgehead atoms. The molecule has 1 heterocycles. The highest BCUT2D eigenvalue weighted by Crippen LogP contribution is 2.21. The van der Waals surface area contributed by atoms with Crippen molar-refractivity contribution in [1.29, 1.82) is 0 Å². The van der Waals surface area contributed by atoms with Crippen molar-refractivity contribution in [2.24, 2.45) is 11.8 Å². The number of hydrogen-bond donors (Lipinski definition) is 2. The topological polar surface area (TPSA) is 105 Å². The summed E-state index contributed by atoms with van der Waals surface area (Å²) >= 11 is 0. The summed E-state index contributed by atoms with van der Waals surface area (Å²) in [5, 5.41) is 12.6. The maximum Gasteiger partial charge on any atom is 0.309 e. The molecule has 4 atom stereocenters. The number of carbonyl (C=O) groups is 3. The van der Waals surface area contributed by atoms with E-state index < -0.39 is 17.9 Å². The van der Waals surface area contributed by atoms with E-state index in [-0.39, 0.29) is 50.1 Å². The molecule has 42 heavy (non-hydrogen) atoms. The summed E-state index contributed by atoms with van der Waals surface area (Å²) in [5.41, 5.74) is 2.00. The number of benzene rings is 2. The van der Waals surface area contributed by atoms with Gasteiger partial charge in [0, 0.05) is 13.0 Å². The van der Waals surface area contributed by atoms with Gasteiger partial charge in [0.2, 0.25) is 11.8 Å². The number of amides is 2. The van der Waals surface area contributed by atoms with Crippen LogP contribution in [-0.4, -0.2) is 66.2 Å². The Bertz CT molecular complexity index is 1140. The van der Waals surface area contributed by atoms with Gasteiger partial charge in [0.1, 0.15) is 6.61 Å². The van der Waals surface area contributed by atoms with Crippen molar-refractivity contribution in [2.45, 2.75) is 57.2 Å². The zero-order chi connectivity index (χ0) is 30.2. The van der Waals surface area contributed by atoms with E-state index in [0.717, 1.165) is 24.0 Å². The first-order chi connectivity index (χ1) is 20.4. The molecule has 2 aromatic rings. The van der Waals surface area contributed by atoms with Gasteiger partial charge in [-0.25, -0.2) is 0 Å². The van der Waals surface area contributed by atoms with E-state index in [1.54, 1.807) is 17.1 Å². The van der Waals surface area contributed by atoms with Crippen LogP contribution in [0.4, 0.5) is 0 Å². The predicted octanol–water partition coefficient (Wildman–Crippen LogP) is 4.23. The van der Waals surface area contributed by atoms with Crippen molar-refractivity contribution in [1.82, 2.24) is 10.2 Å². The maximum absolute atomic E-state index is 13.4. The first-order valence-corrected chi connectivity index (χ1v) is 14.7. The lowest BCUT2D eigenvalue weighted by Crippen LogP contribution is -2.46. The molecule has 2 aromatic carbocycles. The highest BCUT2D eigenvalue weighted by Gasteiger charge is 2.32. The van der Waals surface area contributed by atoms with E-state index in [0.29, 0.717) is 32.4 Å². The third-order valence-corrected chi connectivity index (χ3v) is 7.46. The zero-order valence-corrected chi connectivity index (χ0v) is 24.4. The molecule has 0 saturated carbocycles. The number of ether oxygens (including phenoxy) is 2. The standard InChI is InChI=1S/C34H44N2O6/c1-3-12-28(21-32(38)36-19-11-18-31(36)22-37)33(39)35-30(24-41-23-27-16-9-6-10-17-27)25-42-34(40)29(13-4-2)20-26-14-7-5-8-15-26/h3-10,14-17,28-31,37H,1-2,11-13,18-25H2,(H,35,39)/t28-,29+,30+,31+/m1/s1. The maximum atomic E-state index is 13.4. The molecular formula is C34H44N2O6. The normalized spacial score (nSPS) is 16.7. The summed E-state index contributed by atoms with van der Waals surface area (Å²) in [7, 11) is 0. The molecule has 8 nitrogen and oxygen atoms in total. The number of hydrogen-bond acceptors (Lipinski definition) is 6. The summed E-state index contributed by atoms with van der Waals surface area (Å²) in [6.07, 6.45) is 6.20. The van der Waals surface area contributed by atoms with Gasteiger partial charge >= 0.3 is 5.97 Å². The molecule has 0 aliphatic carbocycles. The van der Waals surface area contributed by atoms with Gasteiger partial charge < -0.3 is 24.8 Å². The van der Waals surface area contributed by atoms with E-state index >= 15 is 0 Å². The number of carbonyl (C=O) groups excluding carboxylic acids is 3. The van der Waals surface area contributed by atoms with Crippen LogP contribution in [0.15, 0.2) is 86.0 Å². The van der Waals surface area contributed by atoms with Crippen molar-refractivity contribution in [3.63, 3.8) is 0 Å². The van der Waals surface area contributed by atoms with Gasteiger partial charge in [-0.1, -0.05) is 72.8 Å². The molecule has 1 aliphatic heterocycles. The van der Waals surface area contributed by atoms with Crippen LogP contribution in [0.5, 0.6) is 0 Å². The van der Waals surface area contributed by atoms with Crippen LogP contribution in [0.1, 0.15) is 43.2 Å². The number of nitrogens with one attached hydrogen (secondary N) is 1. The van der Waals surface area contributed by atoms with Crippen molar-refractivity contribution < 1.29 is 29.0 Å². The Morgan fingerprint density at radius 1 is 0.952 bits per heavy atom. The lowest BCUT2D eigenvalue weighted by molar-refractivity contribution is -0.150. The fourth-order valence-electron chi connectivity index (χ4n) is 5.17. The monoisotopic (exact) mass is 576 g/mol. The highest BCUT2D eigenvalue weighted by molar-refractivity contribution is 5.86. The first-order valence-electron chi connectivity index (χ1n) is 14.7. The number of rotatable bonds is 18. The zero-order valence-electron chi connectivity index (χ0n) is 24.4. The minimum atomic E-state index is -0.645. The lowest BCUT2D eigenvalue weighted by Gasteiger charge is -2.26. The summed E-state index contributed by atoms with van der Waals surface area (Å²) in [5.74, 6) is -1.92. The fourth-order valence-corrected chi connectivity index (χ4v) is 5.17. The number of aliphatic hydroxyl groups is 1. The largest absolute Gasteiger partial charge is 0.463 e. The molecule has 0 radical (unpaired) electrons. The summed E-state index contributed by atoms with van der Waals surface area (Å²) in [4.78, 5) is 41.2. The average Bonchev–Trinajstić information content (AvgIpc) is 3.49. The van der Waals surface area contributed by atoms with Gasteiger partial charge in [0.25, 0.3) is 0 Å². The van der Waals surface area contributed by atoms with Gasteiger partial charge in [0.05, 0.1) is 43.7 Å². The number of nitrogens with zero attached hydrogens (tertiary/aromatic N) is 1. The second-order valence-electron chi connectivity index (χ2n) is 10.7. The Labute approximate surface area is 249 Å². The van der Waals surface area contributed by atoms with E-state index in [1.807, 2.05) is 60.7 Å². The number of esters is 1. The molecule has 1 saturated heterocycles. The smallest absolute Gasteiger partial charge is 0.309 e. The molecule has 1 fully saturated rings. The van der Waals surface area contributed by atoms with Crippen LogP contribution in [0.3, 0.4) is 0 Å². The third kappa shape index (κ3) is 10.6. The summed E-state index contributed by atoms with van der Waals surface area (Å²) in [6, 6.07) is 18.6. The van der Waals surface area contributed by atoms with Crippen molar-refractivity contribution >= 4 is 17.8 Å². The molecule has 1 aliphatic rings. The van der Waals surface area contributed by atoms with Gasteiger partial charge in [-0.15, -0.1) is 13.2 Å². The molecule has 2 amide bonds. The SMILES string of the molecule is C=CC[C@H](CC(=O)N1CCC[C@H]1CO)C(=O)N[C@@H](COCc1ccccc1)COC(=O)[C@@H](CC=C)Cc1ccccc1. The van der Waals surface area contributed by atoms with Gasteiger partial charge in [-0.05, 0) is 43.2 Å². The minimum absolute atomic E-state index is 0.00418. The molecule has 0 spiro atoms. The van der Waals surface area contributed by atoms with Crippen molar-refractivity contribution in [3.05, 3.63) is 97.1 Å². The van der Waals surface area contributed by atoms with Crippen LogP contribution in [0.2, 0.25) is 0 Å². The van der Waals surface area contributed by atoms with E-state index in [1.165, 1.54) is 0 Å². The van der Waals surface area contributed by atoms with Gasteiger partial charge in [-0.3, -0.25) is 14.4 Å². The number of likely N-dealkylation sites (tertiary alicyclic amines) is 1. The molecule has 2 N–H and O–H groups in total. The first kappa shape index (κ1) is 32.8. The van der Waals surface area contributed by atoms with Gasteiger partial charge in [0.15, 0.2) is 0 Å². The van der Waals surface area contributed by atoms with E-state index in [2.05, 4.69) is 18.5 Å². The predicted molar refractivity (Wildman–Crippen MR) is 162 cm³/mol. The van der Waals surface area contributed by atoms with Crippen LogP contribution in [0.25, 0.3) is 0 Å². The fraction of sp³-hybridized carbons (Fsp3) is 0.441. The lowest BCUT2D eigenvalue weighted by atomic mass is 9.96. The van der Waals surface area contributed by atoms with E-state index in [9.17, 15) is 19.5 Å². The third-order valence-electron chi connectivity index (χ3n) is 7.46. The quantitative estimate of drug-likeness (QED) is 0.203. The second-order valence-corrected chi connectivity index (χ2v) is 10.7. The average molecular weight is 577 g/mol. The number of allylic oxidation sites excluding steroid dienone is 2. The molecule has 226 valence electrons. The van der Waals surface area contributed by atoms with Crippen LogP contribution < -0.4 is 5.32 Å². The van der Waals surface area contributed by atoms with Crippen molar-refractivity contribution in [3.8, 4) is 0 Å². The molecule has 0 aromatic heterocycles. The molecule has 3 rings (SSSR count). The van der Waals surface area contributed by atoms with Crippen LogP contribution in [-0.2, 0) is 36.9 Å². The second kappa shape index (κ2) is 17.9. The Balaban J connectivity index is 1.65. The Morgan fingerprint density at radius 2 is 1.60 bits per heavy atom. The molecule has 0 unspecified atom stereocenters. The van der Waals surface area contributed by atoms with Gasteiger partial charge in [-0.2, -0.15) is 0 Å². The Morgan fingerprint density at radius 3 is 2.24 bits per heavy atom. The minimum Gasteiger partial charge on any atom is -0.463 e. The summed E-state index contributed by atoms with van der Waals surface area (Å²) in [6.45, 7) is 8.42. The van der Waals surface area contributed by atoms with Crippen LogP contribution >= 0.6 is 0 Å². The Kier molecular flexibility index (Phi) is 14.0. The Hall–Kier alpha value is -3.75. The molecule has 8 heteroatoms. The highest BCUT2D eigenvalue weighted by atomic mass is 16.5. The number of aliphatic hydroxyl groups excluding tert-OH is 1. The van der Waals surface area contributed by atoms with E-state index in [4.69, 9.17) is 9.47 Å². The van der Waals surface area contributed by atoms with Crippen LogP contribution in [0, 0.1) is 11.8 Å². The van der Waals surface area contributed by atoms with Crippen molar-refractivity contribution in [2.75, 3.05) is 26.4 Å². The molecular weight excluding hydrogens is 532 g/mol. The summed E-state index contributed by atoms with van der Waals surface area (Å²) < 4.78 is 11.6.